The third-order valence-corrected chi connectivity index (χ3v) is 7.05. The first-order chi connectivity index (χ1) is 14.2. The third kappa shape index (κ3) is 5.29. The van der Waals surface area contributed by atoms with Crippen LogP contribution in [0.3, 0.4) is 0 Å². The van der Waals surface area contributed by atoms with Gasteiger partial charge in [-0.25, -0.2) is 0 Å². The summed E-state index contributed by atoms with van der Waals surface area (Å²) in [6, 6.07) is 10.6. The summed E-state index contributed by atoms with van der Waals surface area (Å²) in [6.45, 7) is 3.33. The van der Waals surface area contributed by atoms with Crippen molar-refractivity contribution >= 4 is 11.8 Å². The van der Waals surface area contributed by atoms with Gasteiger partial charge in [-0.3, -0.25) is 9.59 Å². The average molecular weight is 395 g/mol. The highest BCUT2D eigenvalue weighted by Gasteiger charge is 2.29. The molecule has 0 saturated carbocycles. The Morgan fingerprint density at radius 2 is 1.55 bits per heavy atom. The van der Waals surface area contributed by atoms with Gasteiger partial charge in [-0.2, -0.15) is 0 Å². The monoisotopic (exact) mass is 394 g/mol. The Labute approximate surface area is 175 Å². The molecule has 1 aromatic carbocycles. The van der Waals surface area contributed by atoms with E-state index in [2.05, 4.69) is 36.4 Å². The van der Waals surface area contributed by atoms with Gasteiger partial charge >= 0.3 is 0 Å². The Kier molecular flexibility index (Phi) is 6.68. The van der Waals surface area contributed by atoms with E-state index in [4.69, 9.17) is 0 Å². The molecule has 2 saturated heterocycles. The van der Waals surface area contributed by atoms with Gasteiger partial charge in [-0.1, -0.05) is 42.0 Å². The van der Waals surface area contributed by atoms with Gasteiger partial charge in [0.25, 0.3) is 0 Å². The minimum Gasteiger partial charge on any atom is -0.343 e. The highest BCUT2D eigenvalue weighted by atomic mass is 16.2. The molecule has 29 heavy (non-hydrogen) atoms. The molecule has 1 atom stereocenters. The van der Waals surface area contributed by atoms with Crippen molar-refractivity contribution in [3.05, 3.63) is 47.5 Å². The lowest BCUT2D eigenvalue weighted by molar-refractivity contribution is -0.138. The molecule has 1 aliphatic carbocycles. The number of rotatable bonds is 5. The number of amides is 2. The second-order valence-electron chi connectivity index (χ2n) is 9.02. The number of fused-ring (bicyclic) bond motifs is 1. The molecule has 0 radical (unpaired) electrons. The van der Waals surface area contributed by atoms with Crippen molar-refractivity contribution in [2.24, 2.45) is 11.8 Å². The molecule has 3 aliphatic rings. The van der Waals surface area contributed by atoms with E-state index < -0.39 is 0 Å². The van der Waals surface area contributed by atoms with Crippen molar-refractivity contribution in [1.29, 1.82) is 0 Å². The topological polar surface area (TPSA) is 40.6 Å². The molecule has 2 heterocycles. The summed E-state index contributed by atoms with van der Waals surface area (Å²) in [5.74, 6) is 1.67. The molecule has 0 aromatic heterocycles. The largest absolute Gasteiger partial charge is 0.343 e. The number of piperidine rings is 2. The number of likely N-dealkylation sites (tertiary alicyclic amines) is 2. The maximum atomic E-state index is 12.6. The zero-order valence-corrected chi connectivity index (χ0v) is 17.5. The van der Waals surface area contributed by atoms with E-state index in [1.807, 2.05) is 9.80 Å². The van der Waals surface area contributed by atoms with Gasteiger partial charge in [0.15, 0.2) is 0 Å². The Morgan fingerprint density at radius 1 is 0.862 bits per heavy atom. The Morgan fingerprint density at radius 3 is 2.31 bits per heavy atom. The summed E-state index contributed by atoms with van der Waals surface area (Å²) in [5.41, 5.74) is 2.85. The first kappa shape index (κ1) is 20.2. The van der Waals surface area contributed by atoms with Gasteiger partial charge in [0, 0.05) is 39.0 Å². The quantitative estimate of drug-likeness (QED) is 0.702. The zero-order valence-electron chi connectivity index (χ0n) is 17.5. The molecule has 2 aliphatic heterocycles. The normalized spacial score (nSPS) is 22.8. The fourth-order valence-corrected chi connectivity index (χ4v) is 5.22. The summed E-state index contributed by atoms with van der Waals surface area (Å²) in [5, 5.41) is 0. The molecule has 1 unspecified atom stereocenters. The van der Waals surface area contributed by atoms with Gasteiger partial charge in [-0.05, 0) is 62.3 Å². The van der Waals surface area contributed by atoms with Crippen LogP contribution in [0.5, 0.6) is 0 Å². The van der Waals surface area contributed by atoms with E-state index in [1.165, 1.54) is 24.0 Å². The summed E-state index contributed by atoms with van der Waals surface area (Å²) < 4.78 is 0. The van der Waals surface area contributed by atoms with E-state index in [-0.39, 0.29) is 11.8 Å². The lowest BCUT2D eigenvalue weighted by atomic mass is 9.82. The van der Waals surface area contributed by atoms with Gasteiger partial charge < -0.3 is 9.80 Å². The molecule has 2 amide bonds. The highest BCUT2D eigenvalue weighted by Crippen LogP contribution is 2.32. The van der Waals surface area contributed by atoms with E-state index in [1.54, 1.807) is 0 Å². The van der Waals surface area contributed by atoms with Crippen molar-refractivity contribution in [2.45, 2.75) is 57.8 Å². The first-order valence-electron chi connectivity index (χ1n) is 11.5. The zero-order chi connectivity index (χ0) is 20.1. The molecular formula is C25H34N2O2. The predicted octanol–water partition coefficient (Wildman–Crippen LogP) is 4.21. The van der Waals surface area contributed by atoms with Gasteiger partial charge in [0.1, 0.15) is 0 Å². The minimum absolute atomic E-state index is 0.155. The molecule has 1 aromatic rings. The van der Waals surface area contributed by atoms with Crippen molar-refractivity contribution in [2.75, 3.05) is 26.2 Å². The lowest BCUT2D eigenvalue weighted by Gasteiger charge is -2.36. The first-order valence-corrected chi connectivity index (χ1v) is 11.5. The fourth-order valence-electron chi connectivity index (χ4n) is 5.22. The van der Waals surface area contributed by atoms with Crippen LogP contribution in [0.1, 0.15) is 56.9 Å². The smallest absolute Gasteiger partial charge is 0.223 e. The standard InChI is InChI=1S/C25H34N2O2/c28-24(26-15-12-21(13-16-26)18-20-6-2-1-3-7-20)10-11-25(29)27-17-14-22-8-4-5-9-23(22)19-27/h1-3,6-7,9,21-22H,4-5,8,10-19H2. The molecular weight excluding hydrogens is 360 g/mol. The molecule has 0 N–H and O–H groups in total. The maximum absolute atomic E-state index is 12.6. The molecule has 4 rings (SSSR count). The van der Waals surface area contributed by atoms with Crippen LogP contribution in [0.2, 0.25) is 0 Å². The molecule has 0 spiro atoms. The van der Waals surface area contributed by atoms with Crippen LogP contribution in [-0.2, 0) is 16.0 Å². The number of carbonyl (C=O) groups is 2. The van der Waals surface area contributed by atoms with Crippen LogP contribution in [-0.4, -0.2) is 47.8 Å². The number of carbonyl (C=O) groups excluding carboxylic acids is 2. The molecule has 156 valence electrons. The molecule has 0 bridgehead atoms. The van der Waals surface area contributed by atoms with Crippen LogP contribution in [0.25, 0.3) is 0 Å². The summed E-state index contributed by atoms with van der Waals surface area (Å²) in [7, 11) is 0. The number of hydrogen-bond donors (Lipinski definition) is 0. The van der Waals surface area contributed by atoms with E-state index in [9.17, 15) is 9.59 Å². The molecule has 4 heteroatoms. The minimum atomic E-state index is 0.155. The number of benzene rings is 1. The second kappa shape index (κ2) is 9.60. The van der Waals surface area contributed by atoms with Crippen molar-refractivity contribution in [3.63, 3.8) is 0 Å². The predicted molar refractivity (Wildman–Crippen MR) is 115 cm³/mol. The van der Waals surface area contributed by atoms with Gasteiger partial charge in [0.05, 0.1) is 0 Å². The van der Waals surface area contributed by atoms with Crippen LogP contribution in [0.4, 0.5) is 0 Å². The van der Waals surface area contributed by atoms with Crippen molar-refractivity contribution in [1.82, 2.24) is 9.80 Å². The lowest BCUT2D eigenvalue weighted by Crippen LogP contribution is -2.42. The number of allylic oxidation sites excluding steroid dienone is 1. The number of nitrogens with zero attached hydrogens (tertiary/aromatic N) is 2. The van der Waals surface area contributed by atoms with Crippen LogP contribution in [0.15, 0.2) is 42.0 Å². The fraction of sp³-hybridized carbons (Fsp3) is 0.600. The van der Waals surface area contributed by atoms with Gasteiger partial charge in [0.2, 0.25) is 11.8 Å². The SMILES string of the molecule is O=C(CCC(=O)N1CCC2CCCC=C2C1)N1CCC(Cc2ccccc2)CC1. The van der Waals surface area contributed by atoms with Crippen LogP contribution >= 0.6 is 0 Å². The van der Waals surface area contributed by atoms with Crippen molar-refractivity contribution in [3.8, 4) is 0 Å². The maximum Gasteiger partial charge on any atom is 0.223 e. The summed E-state index contributed by atoms with van der Waals surface area (Å²) in [6.07, 6.45) is 11.1. The summed E-state index contributed by atoms with van der Waals surface area (Å²) in [4.78, 5) is 29.2. The Bertz CT molecular complexity index is 734. The van der Waals surface area contributed by atoms with Gasteiger partial charge in [-0.15, -0.1) is 0 Å². The van der Waals surface area contributed by atoms with Crippen LogP contribution in [0, 0.1) is 11.8 Å². The van der Waals surface area contributed by atoms with E-state index in [0.717, 1.165) is 58.3 Å². The van der Waals surface area contributed by atoms with E-state index >= 15 is 0 Å². The number of hydrogen-bond acceptors (Lipinski definition) is 2. The Hall–Kier alpha value is -2.10. The summed E-state index contributed by atoms with van der Waals surface area (Å²) >= 11 is 0. The highest BCUT2D eigenvalue weighted by molar-refractivity contribution is 5.84. The van der Waals surface area contributed by atoms with E-state index in [0.29, 0.717) is 24.7 Å². The van der Waals surface area contributed by atoms with Crippen molar-refractivity contribution < 1.29 is 9.59 Å². The van der Waals surface area contributed by atoms with Crippen LogP contribution < -0.4 is 0 Å². The molecule has 2 fully saturated rings. The second-order valence-corrected chi connectivity index (χ2v) is 9.02. The molecule has 4 nitrogen and oxygen atoms in total. The average Bonchev–Trinajstić information content (AvgIpc) is 2.78. The third-order valence-electron chi connectivity index (χ3n) is 7.05. The Balaban J connectivity index is 1.18.